The summed E-state index contributed by atoms with van der Waals surface area (Å²) in [6.07, 6.45) is -1.02. The van der Waals surface area contributed by atoms with Gasteiger partial charge < -0.3 is 18.9 Å². The maximum Gasteiger partial charge on any atom is 0.338 e. The summed E-state index contributed by atoms with van der Waals surface area (Å²) in [6, 6.07) is 13.4. The normalized spacial score (nSPS) is 18.8. The Bertz CT molecular complexity index is 737. The number of carbonyl (C=O) groups excluding carboxylic acids is 2. The molecular formula is C20H20O6S2. The van der Waals surface area contributed by atoms with Gasteiger partial charge >= 0.3 is 11.9 Å². The van der Waals surface area contributed by atoms with E-state index in [2.05, 4.69) is 0 Å². The van der Waals surface area contributed by atoms with Crippen LogP contribution < -0.4 is 9.47 Å². The molecule has 2 aromatic rings. The van der Waals surface area contributed by atoms with Crippen molar-refractivity contribution in [2.24, 2.45) is 0 Å². The van der Waals surface area contributed by atoms with Crippen LogP contribution in [-0.4, -0.2) is 49.9 Å². The molecule has 2 unspecified atom stereocenters. The Hall–Kier alpha value is -2.32. The first-order chi connectivity index (χ1) is 13.6. The highest BCUT2D eigenvalue weighted by Gasteiger charge is 2.33. The van der Waals surface area contributed by atoms with Crippen LogP contribution in [0.25, 0.3) is 0 Å². The van der Waals surface area contributed by atoms with E-state index >= 15 is 0 Å². The molecule has 0 saturated carbocycles. The van der Waals surface area contributed by atoms with E-state index in [1.54, 1.807) is 84.3 Å². The summed E-state index contributed by atoms with van der Waals surface area (Å²) in [5.74, 6) is 1.51. The van der Waals surface area contributed by atoms with Gasteiger partial charge in [-0.3, -0.25) is 0 Å². The molecule has 28 heavy (non-hydrogen) atoms. The summed E-state index contributed by atoms with van der Waals surface area (Å²) in [5, 5.41) is 0. The van der Waals surface area contributed by atoms with Crippen molar-refractivity contribution >= 4 is 33.5 Å². The zero-order valence-corrected chi connectivity index (χ0v) is 17.1. The fraction of sp³-hybridized carbons (Fsp3) is 0.300. The van der Waals surface area contributed by atoms with E-state index in [9.17, 15) is 9.59 Å². The first kappa shape index (κ1) is 20.4. The van der Waals surface area contributed by atoms with Gasteiger partial charge in [0.15, 0.2) is 0 Å². The fourth-order valence-electron chi connectivity index (χ4n) is 2.53. The van der Waals surface area contributed by atoms with Crippen molar-refractivity contribution in [1.82, 2.24) is 0 Å². The van der Waals surface area contributed by atoms with Gasteiger partial charge in [-0.1, -0.05) is 21.6 Å². The molecule has 0 amide bonds. The zero-order chi connectivity index (χ0) is 19.9. The van der Waals surface area contributed by atoms with Gasteiger partial charge in [0.05, 0.1) is 25.3 Å². The molecular weight excluding hydrogens is 400 g/mol. The van der Waals surface area contributed by atoms with Crippen molar-refractivity contribution in [2.45, 2.75) is 12.2 Å². The topological polar surface area (TPSA) is 71.1 Å². The van der Waals surface area contributed by atoms with Crippen LogP contribution in [0, 0.1) is 0 Å². The second-order valence-electron chi connectivity index (χ2n) is 5.91. The van der Waals surface area contributed by atoms with Crippen molar-refractivity contribution in [1.29, 1.82) is 0 Å². The van der Waals surface area contributed by atoms with E-state index in [0.29, 0.717) is 34.1 Å². The number of esters is 2. The number of hydrogen-bond donors (Lipinski definition) is 0. The molecule has 8 heteroatoms. The molecule has 148 valence electrons. The molecule has 3 rings (SSSR count). The lowest BCUT2D eigenvalue weighted by molar-refractivity contribution is -0.0212. The van der Waals surface area contributed by atoms with Crippen molar-refractivity contribution < 1.29 is 28.5 Å². The molecule has 0 spiro atoms. The lowest BCUT2D eigenvalue weighted by Gasteiger charge is -2.29. The minimum absolute atomic E-state index is 0.421. The van der Waals surface area contributed by atoms with Crippen LogP contribution in [0.3, 0.4) is 0 Å². The number of rotatable bonds is 6. The van der Waals surface area contributed by atoms with Crippen LogP contribution >= 0.6 is 21.6 Å². The molecule has 0 bridgehead atoms. The second-order valence-corrected chi connectivity index (χ2v) is 8.47. The SMILES string of the molecule is COc1ccc(C(=O)OC2CSSCC2OC(=O)c2ccc(OC)cc2)cc1. The Morgan fingerprint density at radius 2 is 1.07 bits per heavy atom. The van der Waals surface area contributed by atoms with E-state index in [4.69, 9.17) is 18.9 Å². The fourth-order valence-corrected chi connectivity index (χ4v) is 4.94. The average molecular weight is 421 g/mol. The molecule has 1 saturated heterocycles. The van der Waals surface area contributed by atoms with Crippen molar-refractivity contribution in [3.8, 4) is 11.5 Å². The van der Waals surface area contributed by atoms with Gasteiger partial charge in [0, 0.05) is 11.5 Å². The minimum Gasteiger partial charge on any atom is -0.497 e. The summed E-state index contributed by atoms with van der Waals surface area (Å²) in [6.45, 7) is 0. The molecule has 1 aliphatic rings. The Labute approximate surface area is 171 Å². The Kier molecular flexibility index (Phi) is 7.11. The van der Waals surface area contributed by atoms with Crippen LogP contribution in [-0.2, 0) is 9.47 Å². The maximum atomic E-state index is 12.5. The maximum absolute atomic E-state index is 12.5. The third-order valence-corrected chi connectivity index (χ3v) is 6.54. The number of benzene rings is 2. The first-order valence-corrected chi connectivity index (χ1v) is 11.0. The molecule has 1 heterocycles. The van der Waals surface area contributed by atoms with Gasteiger partial charge in [-0.05, 0) is 48.5 Å². The van der Waals surface area contributed by atoms with Crippen molar-refractivity contribution in [3.05, 3.63) is 59.7 Å². The van der Waals surface area contributed by atoms with Gasteiger partial charge in [-0.25, -0.2) is 9.59 Å². The third kappa shape index (κ3) is 5.14. The Balaban J connectivity index is 1.63. The van der Waals surface area contributed by atoms with Crippen molar-refractivity contribution in [3.63, 3.8) is 0 Å². The number of hydrogen-bond acceptors (Lipinski definition) is 8. The zero-order valence-electron chi connectivity index (χ0n) is 15.5. The number of carbonyl (C=O) groups is 2. The molecule has 2 atom stereocenters. The van der Waals surface area contributed by atoms with Gasteiger partial charge in [0.1, 0.15) is 23.7 Å². The number of ether oxygens (including phenoxy) is 4. The summed E-state index contributed by atoms with van der Waals surface area (Å²) >= 11 is 0. The quantitative estimate of drug-likeness (QED) is 0.516. The highest BCUT2D eigenvalue weighted by Crippen LogP contribution is 2.33. The van der Waals surface area contributed by atoms with E-state index in [1.165, 1.54) is 0 Å². The van der Waals surface area contributed by atoms with Crippen LogP contribution in [0.15, 0.2) is 48.5 Å². The third-order valence-electron chi connectivity index (χ3n) is 4.13. The molecule has 0 radical (unpaired) electrons. The molecule has 0 N–H and O–H groups in total. The monoisotopic (exact) mass is 420 g/mol. The van der Waals surface area contributed by atoms with Gasteiger partial charge in [0.25, 0.3) is 0 Å². The molecule has 1 aliphatic heterocycles. The van der Waals surface area contributed by atoms with Crippen LogP contribution in [0.1, 0.15) is 20.7 Å². The highest BCUT2D eigenvalue weighted by atomic mass is 33.1. The molecule has 2 aromatic carbocycles. The standard InChI is InChI=1S/C20H20O6S2/c1-23-15-7-3-13(4-8-15)19(21)25-17-11-27-28-12-18(17)26-20(22)14-5-9-16(24-2)10-6-14/h3-10,17-18H,11-12H2,1-2H3. The first-order valence-electron chi connectivity index (χ1n) is 8.55. The summed E-state index contributed by atoms with van der Waals surface area (Å²) in [4.78, 5) is 24.9. The predicted octanol–water partition coefficient (Wildman–Crippen LogP) is 3.85. The summed E-state index contributed by atoms with van der Waals surface area (Å²) in [7, 11) is 6.30. The lowest BCUT2D eigenvalue weighted by atomic mass is 10.2. The van der Waals surface area contributed by atoms with Gasteiger partial charge in [-0.2, -0.15) is 0 Å². The molecule has 0 aliphatic carbocycles. The van der Waals surface area contributed by atoms with Crippen LogP contribution in [0.5, 0.6) is 11.5 Å². The Morgan fingerprint density at radius 3 is 1.39 bits per heavy atom. The molecule has 1 fully saturated rings. The lowest BCUT2D eigenvalue weighted by Crippen LogP contribution is -2.40. The summed E-state index contributed by atoms with van der Waals surface area (Å²) < 4.78 is 21.4. The number of methoxy groups -OCH3 is 2. The second kappa shape index (κ2) is 9.75. The average Bonchev–Trinajstić information content (AvgIpc) is 2.75. The van der Waals surface area contributed by atoms with Crippen molar-refractivity contribution in [2.75, 3.05) is 25.7 Å². The smallest absolute Gasteiger partial charge is 0.338 e. The van der Waals surface area contributed by atoms with E-state index < -0.39 is 24.1 Å². The molecule has 6 nitrogen and oxygen atoms in total. The highest BCUT2D eigenvalue weighted by molar-refractivity contribution is 8.76. The van der Waals surface area contributed by atoms with Gasteiger partial charge in [0.2, 0.25) is 0 Å². The Morgan fingerprint density at radius 1 is 0.714 bits per heavy atom. The summed E-state index contributed by atoms with van der Waals surface area (Å²) in [5.41, 5.74) is 0.841. The van der Waals surface area contributed by atoms with E-state index in [-0.39, 0.29) is 0 Å². The molecule has 0 aromatic heterocycles. The van der Waals surface area contributed by atoms with E-state index in [0.717, 1.165) is 0 Å². The largest absolute Gasteiger partial charge is 0.497 e. The van der Waals surface area contributed by atoms with Crippen LogP contribution in [0.4, 0.5) is 0 Å². The van der Waals surface area contributed by atoms with Crippen LogP contribution in [0.2, 0.25) is 0 Å². The predicted molar refractivity (Wildman–Crippen MR) is 109 cm³/mol. The van der Waals surface area contributed by atoms with E-state index in [1.807, 2.05) is 0 Å². The minimum atomic E-state index is -0.511. The van der Waals surface area contributed by atoms with Gasteiger partial charge in [-0.15, -0.1) is 0 Å².